The van der Waals surface area contributed by atoms with Gasteiger partial charge in [-0.15, -0.1) is 0 Å². The average Bonchev–Trinajstić information content (AvgIpc) is 3.10. The highest BCUT2D eigenvalue weighted by Crippen LogP contribution is 2.28. The maximum Gasteiger partial charge on any atom is 0.282 e. The highest BCUT2D eigenvalue weighted by Gasteiger charge is 2.34. The molecule has 0 saturated carbocycles. The molecule has 4 rings (SSSR count). The van der Waals surface area contributed by atoms with Gasteiger partial charge in [0.05, 0.1) is 18.9 Å². The SMILES string of the molecule is Cc1ccc(OCCCOc2ccc(Br)cc2/C=C2/C(=O)NN(c3ccccc3)C2=O)cc1. The van der Waals surface area contributed by atoms with Crippen molar-refractivity contribution in [3.05, 3.63) is 94.0 Å². The van der Waals surface area contributed by atoms with Crippen LogP contribution in [0, 0.1) is 6.92 Å². The van der Waals surface area contributed by atoms with Crippen molar-refractivity contribution in [2.75, 3.05) is 18.2 Å². The zero-order chi connectivity index (χ0) is 23.2. The van der Waals surface area contributed by atoms with Crippen molar-refractivity contribution in [3.8, 4) is 11.5 Å². The smallest absolute Gasteiger partial charge is 0.282 e. The molecule has 0 radical (unpaired) electrons. The van der Waals surface area contributed by atoms with E-state index in [1.165, 1.54) is 10.6 Å². The lowest BCUT2D eigenvalue weighted by atomic mass is 10.1. The van der Waals surface area contributed by atoms with Crippen LogP contribution in [0.25, 0.3) is 6.08 Å². The fraction of sp³-hybridized carbons (Fsp3) is 0.154. The van der Waals surface area contributed by atoms with Crippen LogP contribution in [-0.2, 0) is 9.59 Å². The fourth-order valence-corrected chi connectivity index (χ4v) is 3.68. The molecule has 6 nitrogen and oxygen atoms in total. The Morgan fingerprint density at radius 1 is 0.939 bits per heavy atom. The van der Waals surface area contributed by atoms with Gasteiger partial charge in [0.1, 0.15) is 17.1 Å². The summed E-state index contributed by atoms with van der Waals surface area (Å²) >= 11 is 3.45. The van der Waals surface area contributed by atoms with E-state index in [4.69, 9.17) is 9.47 Å². The number of nitrogens with one attached hydrogen (secondary N) is 1. The number of hydrogen-bond donors (Lipinski definition) is 1. The number of para-hydroxylation sites is 1. The minimum atomic E-state index is -0.457. The lowest BCUT2D eigenvalue weighted by Gasteiger charge is -2.14. The predicted molar refractivity (Wildman–Crippen MR) is 131 cm³/mol. The number of hydrogen-bond acceptors (Lipinski definition) is 4. The third kappa shape index (κ3) is 5.62. The Kier molecular flexibility index (Phi) is 7.10. The lowest BCUT2D eigenvalue weighted by Crippen LogP contribution is -2.35. The molecule has 33 heavy (non-hydrogen) atoms. The molecule has 0 bridgehead atoms. The molecule has 1 aliphatic heterocycles. The molecule has 2 amide bonds. The first-order valence-electron chi connectivity index (χ1n) is 10.6. The van der Waals surface area contributed by atoms with Gasteiger partial charge in [-0.2, -0.15) is 0 Å². The van der Waals surface area contributed by atoms with Crippen LogP contribution >= 0.6 is 15.9 Å². The van der Waals surface area contributed by atoms with Gasteiger partial charge < -0.3 is 9.47 Å². The summed E-state index contributed by atoms with van der Waals surface area (Å²) in [5.41, 5.74) is 5.07. The number of benzene rings is 3. The Balaban J connectivity index is 1.42. The van der Waals surface area contributed by atoms with Crippen LogP contribution in [0.5, 0.6) is 11.5 Å². The number of ether oxygens (including phenoxy) is 2. The monoisotopic (exact) mass is 506 g/mol. The zero-order valence-electron chi connectivity index (χ0n) is 18.1. The Morgan fingerprint density at radius 3 is 2.42 bits per heavy atom. The van der Waals surface area contributed by atoms with E-state index in [0.29, 0.717) is 36.6 Å². The number of anilines is 1. The van der Waals surface area contributed by atoms with Gasteiger partial charge in [0.2, 0.25) is 0 Å². The molecule has 0 aliphatic carbocycles. The summed E-state index contributed by atoms with van der Waals surface area (Å²) in [4.78, 5) is 25.4. The quantitative estimate of drug-likeness (QED) is 0.263. The van der Waals surface area contributed by atoms with Crippen LogP contribution < -0.4 is 19.9 Å². The first kappa shape index (κ1) is 22.6. The van der Waals surface area contributed by atoms with Gasteiger partial charge in [-0.1, -0.05) is 51.8 Å². The van der Waals surface area contributed by atoms with E-state index >= 15 is 0 Å². The maximum absolute atomic E-state index is 12.9. The third-order valence-electron chi connectivity index (χ3n) is 5.01. The molecule has 7 heteroatoms. The minimum Gasteiger partial charge on any atom is -0.493 e. The van der Waals surface area contributed by atoms with Crippen molar-refractivity contribution >= 4 is 39.5 Å². The summed E-state index contributed by atoms with van der Waals surface area (Å²) in [5, 5.41) is 1.25. The van der Waals surface area contributed by atoms with Crippen molar-refractivity contribution in [1.82, 2.24) is 5.43 Å². The number of amides is 2. The molecule has 3 aromatic carbocycles. The molecule has 1 aliphatic rings. The standard InChI is InChI=1S/C26H23BrN2O4/c1-18-8-11-22(12-9-18)32-14-5-15-33-24-13-10-20(27)16-19(24)17-23-25(30)28-29(26(23)31)21-6-3-2-4-7-21/h2-4,6-13,16-17H,5,14-15H2,1H3,(H,28,30)/b23-17-. The van der Waals surface area contributed by atoms with E-state index in [1.807, 2.05) is 55.5 Å². The van der Waals surface area contributed by atoms with Gasteiger partial charge in [0.25, 0.3) is 11.8 Å². The van der Waals surface area contributed by atoms with Crippen molar-refractivity contribution < 1.29 is 19.1 Å². The summed E-state index contributed by atoms with van der Waals surface area (Å²) in [6.07, 6.45) is 2.24. The van der Waals surface area contributed by atoms with E-state index in [-0.39, 0.29) is 5.57 Å². The Labute approximate surface area is 200 Å². The summed E-state index contributed by atoms with van der Waals surface area (Å²) in [6.45, 7) is 2.98. The molecule has 0 aromatic heterocycles. The number of carbonyl (C=O) groups excluding carboxylic acids is 2. The first-order chi connectivity index (χ1) is 16.0. The van der Waals surface area contributed by atoms with Gasteiger partial charge in [-0.3, -0.25) is 15.0 Å². The highest BCUT2D eigenvalue weighted by molar-refractivity contribution is 9.10. The molecular formula is C26H23BrN2O4. The zero-order valence-corrected chi connectivity index (χ0v) is 19.7. The van der Waals surface area contributed by atoms with Crippen LogP contribution in [-0.4, -0.2) is 25.0 Å². The minimum absolute atomic E-state index is 0.0458. The Morgan fingerprint density at radius 2 is 1.67 bits per heavy atom. The van der Waals surface area contributed by atoms with E-state index < -0.39 is 11.8 Å². The Hall–Kier alpha value is -3.58. The molecule has 1 saturated heterocycles. The molecular weight excluding hydrogens is 484 g/mol. The van der Waals surface area contributed by atoms with E-state index in [0.717, 1.165) is 10.2 Å². The maximum atomic E-state index is 12.9. The average molecular weight is 507 g/mol. The topological polar surface area (TPSA) is 67.9 Å². The van der Waals surface area contributed by atoms with Crippen molar-refractivity contribution in [1.29, 1.82) is 0 Å². The van der Waals surface area contributed by atoms with Gasteiger partial charge in [0.15, 0.2) is 0 Å². The normalized spacial score (nSPS) is 14.5. The summed E-state index contributed by atoms with van der Waals surface area (Å²) in [5.74, 6) is 0.535. The summed E-state index contributed by atoms with van der Waals surface area (Å²) in [6, 6.07) is 22.3. The Bertz CT molecular complexity index is 1180. The predicted octanol–water partition coefficient (Wildman–Crippen LogP) is 5.07. The third-order valence-corrected chi connectivity index (χ3v) is 5.51. The molecule has 1 heterocycles. The van der Waals surface area contributed by atoms with Crippen LogP contribution in [0.4, 0.5) is 5.69 Å². The molecule has 168 valence electrons. The summed E-state index contributed by atoms with van der Waals surface area (Å²) < 4.78 is 12.5. The van der Waals surface area contributed by atoms with Crippen LogP contribution in [0.3, 0.4) is 0 Å². The molecule has 0 unspecified atom stereocenters. The van der Waals surface area contributed by atoms with Crippen molar-refractivity contribution in [2.24, 2.45) is 0 Å². The lowest BCUT2D eigenvalue weighted by molar-refractivity contribution is -0.117. The van der Waals surface area contributed by atoms with Crippen LogP contribution in [0.2, 0.25) is 0 Å². The molecule has 1 fully saturated rings. The molecule has 0 spiro atoms. The van der Waals surface area contributed by atoms with E-state index in [1.54, 1.807) is 30.3 Å². The second-order valence-electron chi connectivity index (χ2n) is 7.52. The molecule has 1 N–H and O–H groups in total. The van der Waals surface area contributed by atoms with Crippen LogP contribution in [0.1, 0.15) is 17.5 Å². The van der Waals surface area contributed by atoms with Gasteiger partial charge in [-0.25, -0.2) is 5.01 Å². The number of aryl methyl sites for hydroxylation is 1. The number of hydrazine groups is 1. The number of carbonyl (C=O) groups is 2. The van der Waals surface area contributed by atoms with Crippen molar-refractivity contribution in [2.45, 2.75) is 13.3 Å². The second-order valence-corrected chi connectivity index (χ2v) is 8.44. The van der Waals surface area contributed by atoms with Gasteiger partial charge >= 0.3 is 0 Å². The van der Waals surface area contributed by atoms with E-state index in [2.05, 4.69) is 21.4 Å². The number of nitrogens with zero attached hydrogens (tertiary/aromatic N) is 1. The van der Waals surface area contributed by atoms with E-state index in [9.17, 15) is 9.59 Å². The number of halogens is 1. The highest BCUT2D eigenvalue weighted by atomic mass is 79.9. The largest absolute Gasteiger partial charge is 0.493 e. The molecule has 0 atom stereocenters. The summed E-state index contributed by atoms with van der Waals surface area (Å²) in [7, 11) is 0. The van der Waals surface area contributed by atoms with Gasteiger partial charge in [0, 0.05) is 16.5 Å². The van der Waals surface area contributed by atoms with Crippen molar-refractivity contribution in [3.63, 3.8) is 0 Å². The first-order valence-corrected chi connectivity index (χ1v) is 11.3. The second kappa shape index (κ2) is 10.4. The molecule has 3 aromatic rings. The van der Waals surface area contributed by atoms with Crippen LogP contribution in [0.15, 0.2) is 82.8 Å². The fourth-order valence-electron chi connectivity index (χ4n) is 3.30. The number of rotatable bonds is 8. The van der Waals surface area contributed by atoms with Gasteiger partial charge in [-0.05, 0) is 55.5 Å².